The van der Waals surface area contributed by atoms with Crippen molar-refractivity contribution in [2.75, 3.05) is 14.2 Å². The molecule has 3 aromatic rings. The average Bonchev–Trinajstić information content (AvgIpc) is 3.24. The van der Waals surface area contributed by atoms with E-state index in [1.165, 1.54) is 20.4 Å². The molecule has 0 amide bonds. The molecule has 34 heavy (non-hydrogen) atoms. The number of methoxy groups -OCH3 is 1. The van der Waals surface area contributed by atoms with Gasteiger partial charge in [0.1, 0.15) is 7.11 Å². The van der Waals surface area contributed by atoms with Crippen molar-refractivity contribution in [3.63, 3.8) is 0 Å². The maximum atomic E-state index is 13.5. The lowest BCUT2D eigenvalue weighted by Crippen LogP contribution is -2.19. The number of halogens is 4. The van der Waals surface area contributed by atoms with Crippen LogP contribution in [0.25, 0.3) is 0 Å². The predicted octanol–water partition coefficient (Wildman–Crippen LogP) is 4.65. The number of thioether (sulfide) groups is 1. The number of rotatable bonds is 8. The van der Waals surface area contributed by atoms with Gasteiger partial charge in [0.2, 0.25) is 5.16 Å². The summed E-state index contributed by atoms with van der Waals surface area (Å²) in [5.41, 5.74) is 1.43. The van der Waals surface area contributed by atoms with Crippen LogP contribution in [-0.4, -0.2) is 47.0 Å². The Kier molecular flexibility index (Phi) is 8.29. The second-order valence-electron chi connectivity index (χ2n) is 6.47. The van der Waals surface area contributed by atoms with Crippen LogP contribution in [0.1, 0.15) is 22.5 Å². The van der Waals surface area contributed by atoms with E-state index in [0.717, 1.165) is 11.8 Å². The standard InChI is InChI=1S/C21H17ClF3N5O3S/c1-32-18(31)17(29-33-2)16-6-4-3-5-14(16)12-34-20-28-27-19(21(23,24)25)30(20)26-11-13-7-9-15(22)10-8-13/h3-11H,12H2,1-2H3/b26-11+,29-17+. The largest absolute Gasteiger partial charge is 0.464 e. The van der Waals surface area contributed by atoms with Crippen molar-refractivity contribution in [3.05, 3.63) is 76.1 Å². The number of hydrogen-bond acceptors (Lipinski definition) is 8. The van der Waals surface area contributed by atoms with Crippen LogP contribution in [0.4, 0.5) is 13.2 Å². The number of aromatic nitrogens is 3. The lowest BCUT2D eigenvalue weighted by Gasteiger charge is -2.10. The number of ether oxygens (including phenoxy) is 1. The molecule has 3 rings (SSSR count). The molecule has 0 bridgehead atoms. The summed E-state index contributed by atoms with van der Waals surface area (Å²) in [5.74, 6) is -1.87. The van der Waals surface area contributed by atoms with Crippen molar-refractivity contribution in [1.29, 1.82) is 0 Å². The van der Waals surface area contributed by atoms with Crippen LogP contribution in [0.2, 0.25) is 5.02 Å². The lowest BCUT2D eigenvalue weighted by atomic mass is 10.0. The molecular formula is C21H17ClF3N5O3S. The van der Waals surface area contributed by atoms with Crippen molar-refractivity contribution in [2.45, 2.75) is 17.1 Å². The van der Waals surface area contributed by atoms with E-state index in [4.69, 9.17) is 21.2 Å². The highest BCUT2D eigenvalue weighted by atomic mass is 35.5. The number of carbonyl (C=O) groups excluding carboxylic acids is 1. The Morgan fingerprint density at radius 3 is 2.50 bits per heavy atom. The summed E-state index contributed by atoms with van der Waals surface area (Å²) in [4.78, 5) is 16.9. The third-order valence-electron chi connectivity index (χ3n) is 4.25. The van der Waals surface area contributed by atoms with Gasteiger partial charge < -0.3 is 9.57 Å². The zero-order valence-corrected chi connectivity index (χ0v) is 19.4. The summed E-state index contributed by atoms with van der Waals surface area (Å²) in [6.45, 7) is 0. The number of nitrogens with zero attached hydrogens (tertiary/aromatic N) is 5. The lowest BCUT2D eigenvalue weighted by molar-refractivity contribution is -0.147. The van der Waals surface area contributed by atoms with Crippen molar-refractivity contribution < 1.29 is 27.5 Å². The summed E-state index contributed by atoms with van der Waals surface area (Å²) >= 11 is 6.79. The Bertz CT molecular complexity index is 1210. The third kappa shape index (κ3) is 6.14. The summed E-state index contributed by atoms with van der Waals surface area (Å²) < 4.78 is 45.8. The number of oxime groups is 1. The van der Waals surface area contributed by atoms with Crippen molar-refractivity contribution >= 4 is 41.3 Å². The second-order valence-corrected chi connectivity index (χ2v) is 7.85. The Morgan fingerprint density at radius 2 is 1.85 bits per heavy atom. The molecule has 0 spiro atoms. The Balaban J connectivity index is 1.93. The average molecular weight is 512 g/mol. The molecule has 0 radical (unpaired) electrons. The van der Waals surface area contributed by atoms with Crippen LogP contribution in [0.3, 0.4) is 0 Å². The molecule has 0 saturated heterocycles. The minimum absolute atomic E-state index is 0.0839. The van der Waals surface area contributed by atoms with Gasteiger partial charge in [0.15, 0.2) is 5.71 Å². The van der Waals surface area contributed by atoms with E-state index >= 15 is 0 Å². The van der Waals surface area contributed by atoms with Gasteiger partial charge in [0.25, 0.3) is 5.82 Å². The molecule has 0 fully saturated rings. The molecule has 1 heterocycles. The number of alkyl halides is 3. The monoisotopic (exact) mass is 511 g/mol. The number of benzene rings is 2. The molecule has 0 saturated carbocycles. The fraction of sp³-hybridized carbons (Fsp3) is 0.190. The highest BCUT2D eigenvalue weighted by Gasteiger charge is 2.39. The normalized spacial score (nSPS) is 12.2. The molecular weight excluding hydrogens is 495 g/mol. The van der Waals surface area contributed by atoms with Crippen LogP contribution in [-0.2, 0) is 26.3 Å². The van der Waals surface area contributed by atoms with E-state index in [2.05, 4.69) is 20.5 Å². The zero-order chi connectivity index (χ0) is 24.7. The molecule has 1 aromatic heterocycles. The van der Waals surface area contributed by atoms with Crippen LogP contribution >= 0.6 is 23.4 Å². The topological polar surface area (TPSA) is 91.0 Å². The van der Waals surface area contributed by atoms with Gasteiger partial charge >= 0.3 is 12.1 Å². The van der Waals surface area contributed by atoms with Crippen LogP contribution in [0.5, 0.6) is 0 Å². The third-order valence-corrected chi connectivity index (χ3v) is 5.47. The summed E-state index contributed by atoms with van der Waals surface area (Å²) in [6, 6.07) is 13.1. The van der Waals surface area contributed by atoms with E-state index in [0.29, 0.717) is 26.4 Å². The maximum absolute atomic E-state index is 13.5. The Morgan fingerprint density at radius 1 is 1.15 bits per heavy atom. The van der Waals surface area contributed by atoms with E-state index in [1.807, 2.05) is 0 Å². The number of carbonyl (C=O) groups is 1. The van der Waals surface area contributed by atoms with Gasteiger partial charge in [-0.25, -0.2) is 4.79 Å². The fourth-order valence-electron chi connectivity index (χ4n) is 2.71. The summed E-state index contributed by atoms with van der Waals surface area (Å²) in [6.07, 6.45) is -3.53. The molecule has 0 aliphatic carbocycles. The fourth-order valence-corrected chi connectivity index (χ4v) is 3.73. The molecule has 0 N–H and O–H groups in total. The molecule has 178 valence electrons. The van der Waals surface area contributed by atoms with E-state index in [9.17, 15) is 18.0 Å². The summed E-state index contributed by atoms with van der Waals surface area (Å²) in [5, 5.41) is 15.0. The van der Waals surface area contributed by atoms with Gasteiger partial charge in [-0.3, -0.25) is 0 Å². The maximum Gasteiger partial charge on any atom is 0.453 e. The first-order valence-electron chi connectivity index (χ1n) is 9.47. The van der Waals surface area contributed by atoms with Crippen LogP contribution in [0, 0.1) is 0 Å². The first-order valence-corrected chi connectivity index (χ1v) is 10.8. The van der Waals surface area contributed by atoms with E-state index in [-0.39, 0.29) is 16.6 Å². The quantitative estimate of drug-likeness (QED) is 0.189. The van der Waals surface area contributed by atoms with Crippen molar-refractivity contribution in [2.24, 2.45) is 10.3 Å². The Labute approximate surface area is 201 Å². The minimum atomic E-state index is -4.77. The molecule has 0 aliphatic rings. The molecule has 0 aliphatic heterocycles. The van der Waals surface area contributed by atoms with Gasteiger partial charge in [0.05, 0.1) is 13.3 Å². The smallest absolute Gasteiger partial charge is 0.453 e. The van der Waals surface area contributed by atoms with Gasteiger partial charge in [-0.2, -0.15) is 22.9 Å². The number of hydrogen-bond donors (Lipinski definition) is 0. The first kappa shape index (κ1) is 25.2. The van der Waals surface area contributed by atoms with Gasteiger partial charge in [0, 0.05) is 16.3 Å². The van der Waals surface area contributed by atoms with Gasteiger partial charge in [-0.1, -0.05) is 64.9 Å². The molecule has 13 heteroatoms. The van der Waals surface area contributed by atoms with Crippen molar-refractivity contribution in [3.8, 4) is 0 Å². The summed E-state index contributed by atoms with van der Waals surface area (Å²) in [7, 11) is 2.48. The SMILES string of the molecule is CO/N=C(/C(=O)OC)c1ccccc1CSc1nnc(C(F)(F)F)n1/N=C/c1ccc(Cl)cc1. The molecule has 8 nitrogen and oxygen atoms in total. The first-order chi connectivity index (χ1) is 16.2. The molecule has 0 atom stereocenters. The van der Waals surface area contributed by atoms with Gasteiger partial charge in [-0.15, -0.1) is 10.2 Å². The Hall–Kier alpha value is -3.38. The van der Waals surface area contributed by atoms with Crippen LogP contribution in [0.15, 0.2) is 63.9 Å². The van der Waals surface area contributed by atoms with E-state index in [1.54, 1.807) is 48.5 Å². The minimum Gasteiger partial charge on any atom is -0.464 e. The van der Waals surface area contributed by atoms with Crippen molar-refractivity contribution in [1.82, 2.24) is 14.9 Å². The highest BCUT2D eigenvalue weighted by Crippen LogP contribution is 2.32. The predicted molar refractivity (Wildman–Crippen MR) is 121 cm³/mol. The number of esters is 1. The van der Waals surface area contributed by atoms with Gasteiger partial charge in [-0.05, 0) is 23.3 Å². The van der Waals surface area contributed by atoms with Crippen LogP contribution < -0.4 is 0 Å². The second kappa shape index (κ2) is 11.2. The highest BCUT2D eigenvalue weighted by molar-refractivity contribution is 7.98. The van der Waals surface area contributed by atoms with E-state index < -0.39 is 18.0 Å². The molecule has 2 aromatic carbocycles. The zero-order valence-electron chi connectivity index (χ0n) is 17.8. The molecule has 0 unspecified atom stereocenters.